The Kier molecular flexibility index (Phi) is 3.54. The minimum atomic E-state index is -4.38. The topological polar surface area (TPSA) is 44.5 Å². The zero-order valence-corrected chi connectivity index (χ0v) is 7.97. The molecular formula is C9H10F3NO2. The van der Waals surface area contributed by atoms with Crippen LogP contribution >= 0.6 is 0 Å². The molecule has 0 amide bonds. The third-order valence-corrected chi connectivity index (χ3v) is 1.85. The van der Waals surface area contributed by atoms with Gasteiger partial charge in [0.2, 0.25) is 0 Å². The second kappa shape index (κ2) is 4.50. The summed E-state index contributed by atoms with van der Waals surface area (Å²) in [5, 5.41) is 0. The first-order valence-corrected chi connectivity index (χ1v) is 4.05. The van der Waals surface area contributed by atoms with E-state index >= 15 is 0 Å². The van der Waals surface area contributed by atoms with Crippen molar-refractivity contribution < 1.29 is 22.7 Å². The molecule has 0 aliphatic rings. The summed E-state index contributed by atoms with van der Waals surface area (Å²) in [5.74, 6) is 4.94. The van der Waals surface area contributed by atoms with Crippen LogP contribution in [0.25, 0.3) is 0 Å². The summed E-state index contributed by atoms with van der Waals surface area (Å²) < 4.78 is 41.7. The maximum Gasteiger partial charge on any atom is 0.416 e. The van der Waals surface area contributed by atoms with E-state index in [4.69, 9.17) is 10.6 Å². The molecule has 2 N–H and O–H groups in total. The number of rotatable bonds is 3. The van der Waals surface area contributed by atoms with Gasteiger partial charge in [-0.05, 0) is 12.1 Å². The summed E-state index contributed by atoms with van der Waals surface area (Å²) >= 11 is 0. The molecule has 0 bridgehead atoms. The Bertz CT molecular complexity index is 339. The van der Waals surface area contributed by atoms with Gasteiger partial charge in [-0.3, -0.25) is 4.84 Å². The monoisotopic (exact) mass is 221 g/mol. The van der Waals surface area contributed by atoms with Gasteiger partial charge in [-0.25, -0.2) is 5.90 Å². The standard InChI is InChI=1S/C9H10F3NO2/c1-14-8-4-7(9(10,11)12)3-2-6(8)5-15-13/h2-4H,5,13H2,1H3. The van der Waals surface area contributed by atoms with Gasteiger partial charge >= 0.3 is 6.18 Å². The van der Waals surface area contributed by atoms with Crippen LogP contribution in [0.2, 0.25) is 0 Å². The van der Waals surface area contributed by atoms with E-state index in [1.165, 1.54) is 13.2 Å². The smallest absolute Gasteiger partial charge is 0.416 e. The Morgan fingerprint density at radius 3 is 2.47 bits per heavy atom. The van der Waals surface area contributed by atoms with Crippen molar-refractivity contribution in [3.05, 3.63) is 29.3 Å². The predicted octanol–water partition coefficient (Wildman–Crippen LogP) is 2.10. The molecule has 0 unspecified atom stereocenters. The summed E-state index contributed by atoms with van der Waals surface area (Å²) in [5.41, 5.74) is -0.298. The molecule has 0 saturated carbocycles. The van der Waals surface area contributed by atoms with Crippen LogP contribution in [-0.4, -0.2) is 7.11 Å². The normalized spacial score (nSPS) is 11.5. The maximum atomic E-state index is 12.3. The van der Waals surface area contributed by atoms with Crippen molar-refractivity contribution >= 4 is 0 Å². The third kappa shape index (κ3) is 2.84. The summed E-state index contributed by atoms with van der Waals surface area (Å²) in [6.07, 6.45) is -4.38. The van der Waals surface area contributed by atoms with Crippen LogP contribution < -0.4 is 10.6 Å². The lowest BCUT2D eigenvalue weighted by Crippen LogP contribution is -2.07. The van der Waals surface area contributed by atoms with Crippen LogP contribution in [0.1, 0.15) is 11.1 Å². The minimum Gasteiger partial charge on any atom is -0.496 e. The SMILES string of the molecule is COc1cc(C(F)(F)F)ccc1CON. The molecule has 6 heteroatoms. The molecule has 0 aliphatic carbocycles. The number of methoxy groups -OCH3 is 1. The zero-order chi connectivity index (χ0) is 11.5. The third-order valence-electron chi connectivity index (χ3n) is 1.85. The van der Waals surface area contributed by atoms with Gasteiger partial charge in [0, 0.05) is 5.56 Å². The average Bonchev–Trinajstić information content (AvgIpc) is 2.17. The lowest BCUT2D eigenvalue weighted by molar-refractivity contribution is -0.137. The fraction of sp³-hybridized carbons (Fsp3) is 0.333. The molecule has 0 fully saturated rings. The molecule has 15 heavy (non-hydrogen) atoms. The number of halogens is 3. The Morgan fingerprint density at radius 2 is 2.00 bits per heavy atom. The van der Waals surface area contributed by atoms with Gasteiger partial charge in [0.15, 0.2) is 0 Å². The first-order chi connectivity index (χ1) is 6.99. The predicted molar refractivity (Wildman–Crippen MR) is 47.0 cm³/mol. The quantitative estimate of drug-likeness (QED) is 0.795. The van der Waals surface area contributed by atoms with E-state index in [9.17, 15) is 13.2 Å². The Morgan fingerprint density at radius 1 is 1.33 bits per heavy atom. The number of ether oxygens (including phenoxy) is 1. The van der Waals surface area contributed by atoms with Crippen molar-refractivity contribution in [2.45, 2.75) is 12.8 Å². The summed E-state index contributed by atoms with van der Waals surface area (Å²) in [6.45, 7) is 0.00130. The van der Waals surface area contributed by atoms with Gasteiger partial charge in [0.1, 0.15) is 5.75 Å². The average molecular weight is 221 g/mol. The highest BCUT2D eigenvalue weighted by atomic mass is 19.4. The van der Waals surface area contributed by atoms with Gasteiger partial charge in [0.05, 0.1) is 19.3 Å². The summed E-state index contributed by atoms with van der Waals surface area (Å²) in [6, 6.07) is 3.14. The molecular weight excluding hydrogens is 211 g/mol. The van der Waals surface area contributed by atoms with Gasteiger partial charge in [-0.15, -0.1) is 0 Å². The largest absolute Gasteiger partial charge is 0.496 e. The Labute approximate surface area is 84.5 Å². The van der Waals surface area contributed by atoms with Crippen LogP contribution in [0.5, 0.6) is 5.75 Å². The molecule has 1 rings (SSSR count). The van der Waals surface area contributed by atoms with E-state index in [0.717, 1.165) is 12.1 Å². The first kappa shape index (κ1) is 11.8. The first-order valence-electron chi connectivity index (χ1n) is 4.05. The van der Waals surface area contributed by atoms with Crippen molar-refractivity contribution in [3.63, 3.8) is 0 Å². The lowest BCUT2D eigenvalue weighted by Gasteiger charge is -2.11. The minimum absolute atomic E-state index is 0.00130. The van der Waals surface area contributed by atoms with E-state index in [2.05, 4.69) is 4.84 Å². The van der Waals surface area contributed by atoms with Gasteiger partial charge in [-0.2, -0.15) is 13.2 Å². The van der Waals surface area contributed by atoms with Crippen LogP contribution in [0.4, 0.5) is 13.2 Å². The van der Waals surface area contributed by atoms with Crippen LogP contribution in [0.15, 0.2) is 18.2 Å². The Balaban J connectivity index is 3.08. The molecule has 0 aromatic heterocycles. The molecule has 0 radical (unpaired) electrons. The lowest BCUT2D eigenvalue weighted by atomic mass is 10.1. The zero-order valence-electron chi connectivity index (χ0n) is 7.97. The fourth-order valence-electron chi connectivity index (χ4n) is 1.13. The van der Waals surface area contributed by atoms with E-state index < -0.39 is 11.7 Å². The van der Waals surface area contributed by atoms with E-state index in [1.807, 2.05) is 0 Å². The van der Waals surface area contributed by atoms with E-state index in [-0.39, 0.29) is 12.4 Å². The van der Waals surface area contributed by atoms with Gasteiger partial charge in [0.25, 0.3) is 0 Å². The molecule has 0 atom stereocenters. The number of nitrogens with two attached hydrogens (primary N) is 1. The number of hydrogen-bond donors (Lipinski definition) is 1. The van der Waals surface area contributed by atoms with Gasteiger partial charge < -0.3 is 4.74 Å². The fourth-order valence-corrected chi connectivity index (χ4v) is 1.13. The molecule has 1 aromatic rings. The van der Waals surface area contributed by atoms with E-state index in [1.54, 1.807) is 0 Å². The molecule has 3 nitrogen and oxygen atoms in total. The van der Waals surface area contributed by atoms with Crippen molar-refractivity contribution in [1.82, 2.24) is 0 Å². The molecule has 1 aromatic carbocycles. The number of benzene rings is 1. The highest BCUT2D eigenvalue weighted by Crippen LogP contribution is 2.33. The second-order valence-electron chi connectivity index (χ2n) is 2.84. The van der Waals surface area contributed by atoms with Crippen molar-refractivity contribution in [2.24, 2.45) is 5.90 Å². The van der Waals surface area contributed by atoms with Crippen LogP contribution in [0, 0.1) is 0 Å². The highest BCUT2D eigenvalue weighted by molar-refractivity contribution is 5.38. The van der Waals surface area contributed by atoms with Crippen LogP contribution in [-0.2, 0) is 17.6 Å². The Hall–Kier alpha value is -1.27. The number of alkyl halides is 3. The second-order valence-corrected chi connectivity index (χ2v) is 2.84. The summed E-state index contributed by atoms with van der Waals surface area (Å²) in [7, 11) is 1.29. The molecule has 0 saturated heterocycles. The molecule has 0 heterocycles. The van der Waals surface area contributed by atoms with E-state index in [0.29, 0.717) is 5.56 Å². The number of hydrogen-bond acceptors (Lipinski definition) is 3. The van der Waals surface area contributed by atoms with Crippen molar-refractivity contribution in [1.29, 1.82) is 0 Å². The molecule has 0 spiro atoms. The maximum absolute atomic E-state index is 12.3. The molecule has 0 aliphatic heterocycles. The van der Waals surface area contributed by atoms with Crippen molar-refractivity contribution in [2.75, 3.05) is 7.11 Å². The molecule has 84 valence electrons. The highest BCUT2D eigenvalue weighted by Gasteiger charge is 2.31. The summed E-state index contributed by atoms with van der Waals surface area (Å²) in [4.78, 5) is 4.33. The van der Waals surface area contributed by atoms with Crippen LogP contribution in [0.3, 0.4) is 0 Å². The van der Waals surface area contributed by atoms with Crippen molar-refractivity contribution in [3.8, 4) is 5.75 Å². The van der Waals surface area contributed by atoms with Gasteiger partial charge in [-0.1, -0.05) is 6.07 Å².